The molecule has 5 N–H and O–H groups in total. The van der Waals surface area contributed by atoms with E-state index in [-0.39, 0.29) is 48.1 Å². The molecule has 4 aliphatic carbocycles. The number of alkyl halides is 1. The second-order valence-corrected chi connectivity index (χ2v) is 37.5. The van der Waals surface area contributed by atoms with Gasteiger partial charge in [-0.15, -0.1) is 0 Å². The van der Waals surface area contributed by atoms with Gasteiger partial charge in [0, 0.05) is 77.1 Å². The van der Waals surface area contributed by atoms with Crippen LogP contribution in [0.15, 0.2) is 224 Å². The number of hydrogen-bond acceptors (Lipinski definition) is 20. The number of quaternary nitrogens is 1. The van der Waals surface area contributed by atoms with Crippen LogP contribution in [-0.2, 0) is 46.6 Å². The summed E-state index contributed by atoms with van der Waals surface area (Å²) in [5, 5.41) is 39.4. The Balaban J connectivity index is 0.000000199. The summed E-state index contributed by atoms with van der Waals surface area (Å²) in [4.78, 5) is 46.8. The summed E-state index contributed by atoms with van der Waals surface area (Å²) in [6.45, 7) is 27.9. The van der Waals surface area contributed by atoms with Crippen LogP contribution in [0.5, 0.6) is 28.7 Å². The zero-order valence-corrected chi connectivity index (χ0v) is 80.8. The number of amides is 1. The van der Waals surface area contributed by atoms with Gasteiger partial charge in [0.1, 0.15) is 23.7 Å². The first kappa shape index (κ1) is 106. The standard InChI is InChI=1S/C25H33FO5.C22H30N2O4.C20H24N.C19H24O3.C18H26ClN3.CH4O4S/c1-15(2)31-14-21(29)24(30-5)11-9-18-19-7-6-16-12-17(27)8-10-22(16,3)25(19,26)20(28)13-23(18,24)4;1-24(2)12-6-7-16-8-10-17(11-9-16)15-23-22(25)18-13-19(26-3)21(28-5)20(14-18)27-4;1-21(2)15-13-19(14-16-21)20(17-9-5-3-6-10-17)18-11-7-4-8-12-18;1-14(13-22-18-6-4-3-5-7-18)12-15(2)19(21)16-8-10-17(20)11-9-16;1-4-22(5-2)12-6-7-14(3)21-17-10-11-20-18-13-15(19)8-9-16(17)18;1-5-6(2,3)4/h8,10,12,18-20,28H,1,6-7,9,11,13-14H2,2-5H3;8-11,13-14H,6-7,12,15H2,1-5H3,(H,23,25);3-12H,13-16H2,1-2H3;3-11,14-15,19-21H,12-13H2,1-2H3;8-11,13-14H,4-7,12H2,1-3H3,(H,20,21);1H3,(H,2,3,4)/q;;+1;;;/p-1/t18?,19?,20-,22-,23-,24-,25-;;;;;/m0...../s1. The van der Waals surface area contributed by atoms with Gasteiger partial charge in [0.05, 0.1) is 85.7 Å². The first-order chi connectivity index (χ1) is 61.8. The smallest absolute Gasteiger partial charge is 0.251 e. The summed E-state index contributed by atoms with van der Waals surface area (Å²) in [6, 6.07) is 58.2. The molecule has 4 fully saturated rings. The number of para-hydroxylation sites is 1. The van der Waals surface area contributed by atoms with Crippen LogP contribution in [0.2, 0.25) is 5.02 Å². The van der Waals surface area contributed by atoms with Crippen LogP contribution in [0.25, 0.3) is 16.5 Å². The Hall–Kier alpha value is -9.83. The fraction of sp³-hybridized carbons (Fsp3) is 0.467. The van der Waals surface area contributed by atoms with Gasteiger partial charge in [0.2, 0.25) is 21.9 Å². The summed E-state index contributed by atoms with van der Waals surface area (Å²) in [5.74, 6) is 2.30. The average molecular weight is 1830 g/mol. The highest BCUT2D eigenvalue weighted by Crippen LogP contribution is 2.70. The molecule has 22 nitrogen and oxygen atoms in total. The van der Waals surface area contributed by atoms with Gasteiger partial charge >= 0.3 is 0 Å². The molecular formula is C105H140ClFN6O16S. The Morgan fingerprint density at radius 1 is 0.762 bits per heavy atom. The minimum absolute atomic E-state index is 0.113. The van der Waals surface area contributed by atoms with Crippen LogP contribution in [-0.4, -0.2) is 205 Å². The second-order valence-electron chi connectivity index (χ2n) is 35.9. The Kier molecular flexibility index (Phi) is 40.3. The summed E-state index contributed by atoms with van der Waals surface area (Å²) >= 11 is 6.04. The van der Waals surface area contributed by atoms with Crippen molar-refractivity contribution < 1.29 is 84.2 Å². The van der Waals surface area contributed by atoms with Gasteiger partial charge in [-0.1, -0.05) is 185 Å². The third-order valence-electron chi connectivity index (χ3n) is 26.1. The monoisotopic (exact) mass is 1830 g/mol. The molecule has 11 atom stereocenters. The van der Waals surface area contributed by atoms with Gasteiger partial charge in [-0.3, -0.25) is 23.6 Å². The molecule has 1 aromatic heterocycles. The van der Waals surface area contributed by atoms with Crippen molar-refractivity contribution in [1.82, 2.24) is 20.1 Å². The molecule has 130 heavy (non-hydrogen) atoms. The number of carbonyl (C=O) groups excluding carboxylic acids is 3. The zero-order chi connectivity index (χ0) is 95.2. The van der Waals surface area contributed by atoms with Gasteiger partial charge in [-0.25, -0.2) is 12.8 Å². The number of ether oxygens (including phenoxy) is 6. The Morgan fingerprint density at radius 3 is 1.91 bits per heavy atom. The fourth-order valence-electron chi connectivity index (χ4n) is 18.8. The molecule has 8 aromatic rings. The van der Waals surface area contributed by atoms with E-state index >= 15 is 4.39 Å². The van der Waals surface area contributed by atoms with Gasteiger partial charge in [-0.05, 0) is 249 Å². The maximum Gasteiger partial charge on any atom is 0.251 e. The first-order valence-corrected chi connectivity index (χ1v) is 46.9. The number of allylic oxidation sites excluding steroid dienone is 5. The number of carbonyl (C=O) groups is 3. The number of aliphatic hydroxyl groups is 2. The first-order valence-electron chi connectivity index (χ1n) is 45.2. The van der Waals surface area contributed by atoms with E-state index in [0.29, 0.717) is 79.4 Å². The maximum atomic E-state index is 17.1. The minimum Gasteiger partial charge on any atom is -0.726 e. The third-order valence-corrected chi connectivity index (χ3v) is 26.8. The van der Waals surface area contributed by atoms with E-state index in [2.05, 4.69) is 177 Å². The molecule has 706 valence electrons. The summed E-state index contributed by atoms with van der Waals surface area (Å²) < 4.78 is 82.2. The van der Waals surface area contributed by atoms with E-state index in [4.69, 9.17) is 40.0 Å². The second kappa shape index (κ2) is 49.6. The molecule has 5 aliphatic rings. The van der Waals surface area contributed by atoms with Crippen molar-refractivity contribution in [2.45, 2.75) is 169 Å². The van der Waals surface area contributed by atoms with Crippen molar-refractivity contribution in [3.05, 3.63) is 262 Å². The van der Waals surface area contributed by atoms with Crippen molar-refractivity contribution in [2.24, 2.45) is 34.5 Å². The van der Waals surface area contributed by atoms with Crippen LogP contribution < -0.4 is 29.6 Å². The lowest BCUT2D eigenvalue weighted by Gasteiger charge is -2.62. The number of aromatic nitrogens is 1. The number of aliphatic hydroxyl groups excluding tert-OH is 2. The van der Waals surface area contributed by atoms with Crippen LogP contribution in [0.4, 0.5) is 10.1 Å². The lowest BCUT2D eigenvalue weighted by Crippen LogP contribution is -2.69. The Labute approximate surface area is 776 Å². The van der Waals surface area contributed by atoms with Crippen molar-refractivity contribution in [2.75, 3.05) is 122 Å². The Morgan fingerprint density at radius 2 is 1.35 bits per heavy atom. The number of halogens is 2. The Bertz CT molecular complexity index is 5080. The molecule has 0 spiro atoms. The topological polar surface area (TPSA) is 277 Å². The van der Waals surface area contributed by atoms with Gasteiger partial charge in [0.15, 0.2) is 23.0 Å². The zero-order valence-electron chi connectivity index (χ0n) is 79.3. The number of pyridine rings is 1. The average Bonchev–Trinajstić information content (AvgIpc) is 1.41. The summed E-state index contributed by atoms with van der Waals surface area (Å²) in [7, 11) is 11.3. The van der Waals surface area contributed by atoms with E-state index < -0.39 is 50.6 Å². The summed E-state index contributed by atoms with van der Waals surface area (Å²) in [6.07, 6.45) is 14.8. The van der Waals surface area contributed by atoms with Crippen LogP contribution in [0.1, 0.15) is 170 Å². The number of hydrogen-bond donors (Lipinski definition) is 5. The molecule has 7 aromatic carbocycles. The molecule has 1 amide bonds. The van der Waals surface area contributed by atoms with Crippen molar-refractivity contribution in [3.8, 4) is 28.7 Å². The minimum atomic E-state index is -4.41. The number of phenols is 1. The van der Waals surface area contributed by atoms with E-state index in [1.54, 1.807) is 61.9 Å². The van der Waals surface area contributed by atoms with Crippen LogP contribution in [0, 0.1) is 34.5 Å². The molecule has 0 radical (unpaired) electrons. The van der Waals surface area contributed by atoms with Crippen molar-refractivity contribution in [3.63, 3.8) is 0 Å². The number of piperidine rings is 1. The number of nitrogens with one attached hydrogen (secondary N) is 2. The lowest BCUT2D eigenvalue weighted by molar-refractivity contribution is -0.892. The van der Waals surface area contributed by atoms with Crippen LogP contribution in [0.3, 0.4) is 0 Å². The molecule has 3 saturated carbocycles. The third kappa shape index (κ3) is 28.6. The van der Waals surface area contributed by atoms with E-state index in [0.717, 1.165) is 101 Å². The number of phenolic OH excluding ortho intramolecular Hbond substituents is 1. The molecule has 1 saturated heterocycles. The molecular weight excluding hydrogens is 1690 g/mol. The van der Waals surface area contributed by atoms with Gasteiger partial charge in [0.25, 0.3) is 5.91 Å². The number of aromatic hydroxyl groups is 1. The van der Waals surface area contributed by atoms with Gasteiger partial charge < -0.3 is 73.2 Å². The number of benzene rings is 7. The number of ketones is 2. The lowest BCUT2D eigenvalue weighted by atomic mass is 9.44. The van der Waals surface area contributed by atoms with Crippen LogP contribution >= 0.6 is 11.6 Å². The fourth-order valence-corrected chi connectivity index (χ4v) is 19.0. The maximum absolute atomic E-state index is 17.1. The number of likely N-dealkylation sites (tertiary alicyclic amines) is 1. The van der Waals surface area contributed by atoms with E-state index in [1.165, 1.54) is 102 Å². The highest BCUT2D eigenvalue weighted by molar-refractivity contribution is 7.80. The predicted molar refractivity (Wildman–Crippen MR) is 516 cm³/mol. The number of aryl methyl sites for hydroxylation is 1. The van der Waals surface area contributed by atoms with Gasteiger partial charge in [-0.2, -0.15) is 0 Å². The highest BCUT2D eigenvalue weighted by atomic mass is 35.5. The summed E-state index contributed by atoms with van der Waals surface area (Å²) in [5.41, 5.74) is 7.46. The molecule has 25 heteroatoms. The molecule has 6 unspecified atom stereocenters. The number of Topliss-reactive ketones (excluding diaryl/α,β-unsaturated/α-hetero) is 1. The molecule has 13 rings (SSSR count). The normalized spacial score (nSPS) is 21.3. The number of anilines is 1. The highest BCUT2D eigenvalue weighted by Gasteiger charge is 2.74. The van der Waals surface area contributed by atoms with E-state index in [9.17, 15) is 42.7 Å². The number of methoxy groups -OCH3 is 4. The number of rotatable bonds is 33. The number of fused-ring (bicyclic) bond motifs is 6. The molecule has 2 heterocycles. The molecule has 0 bridgehead atoms. The molecule has 1 aliphatic heterocycles. The van der Waals surface area contributed by atoms with E-state index in [1.807, 2.05) is 74.6 Å². The SMILES string of the molecule is C=C(C)OCC(=O)[C@@]1(OC)CCC2C3CCC4=CC(=O)C=C[C@]4(C)[C@@]3(F)[C@@H](O)C[C@@]21C.CC(COc1ccccc1)CC(C)C(O)c1ccc(O)cc1.CCN(CC)CCCC(C)Nc1ccnc2cc(Cl)ccc12.COS(=O)(=O)[O-].COc1cc(C(=O)NCc2ccc(CCCN(C)C)cc2)cc(OC)c1OC.C[N+]1(C)CCC(=C(c2ccccc2)c2ccccc2)CC1. The number of nitrogens with zero attached hydrogens (tertiary/aromatic N) is 4. The largest absolute Gasteiger partial charge is 0.726 e. The van der Waals surface area contributed by atoms with Crippen molar-refractivity contribution in [1.29, 1.82) is 0 Å². The van der Waals surface area contributed by atoms with Crippen molar-refractivity contribution >= 4 is 61.6 Å². The predicted octanol–water partition coefficient (Wildman–Crippen LogP) is 19.4. The quantitative estimate of drug-likeness (QED) is 0.0111.